The fourth-order valence-corrected chi connectivity index (χ4v) is 2.99. The third kappa shape index (κ3) is 3.83. The summed E-state index contributed by atoms with van der Waals surface area (Å²) in [6.45, 7) is 16.3. The van der Waals surface area contributed by atoms with E-state index in [9.17, 15) is 4.39 Å². The fourth-order valence-electron chi connectivity index (χ4n) is 2.99. The van der Waals surface area contributed by atoms with Crippen LogP contribution in [-0.2, 0) is 25.2 Å². The molecule has 1 aromatic rings. The van der Waals surface area contributed by atoms with E-state index >= 15 is 0 Å². The lowest BCUT2D eigenvalue weighted by molar-refractivity contribution is 0.00578. The van der Waals surface area contributed by atoms with E-state index in [2.05, 4.69) is 0 Å². The van der Waals surface area contributed by atoms with Gasteiger partial charge in [0.2, 0.25) is 0 Å². The molecule has 148 valence electrons. The van der Waals surface area contributed by atoms with E-state index in [1.54, 1.807) is 6.07 Å². The fraction of sp³-hybridized carbons (Fsp3) is 0.684. The Bertz CT molecular complexity index is 643. The SMILES string of the molecule is CC1(C)OB(N(Cc2cccc(F)c2)B2OC(C)(C)C(C)(C)O2)OC1(C)C. The van der Waals surface area contributed by atoms with Crippen LogP contribution in [0.3, 0.4) is 0 Å². The zero-order chi connectivity index (χ0) is 20.3. The standard InChI is InChI=1S/C19H30B2FNO4/c1-16(2)17(3,4)25-20(24-16)23(13-14-10-9-11-15(22)12-14)21-26-18(5,6)19(7,8)27-21/h9-12H,13H2,1-8H3. The summed E-state index contributed by atoms with van der Waals surface area (Å²) in [6.07, 6.45) is 0. The summed E-state index contributed by atoms with van der Waals surface area (Å²) in [7, 11) is -1.35. The van der Waals surface area contributed by atoms with Gasteiger partial charge in [0.05, 0.1) is 22.4 Å². The molecule has 2 saturated heterocycles. The van der Waals surface area contributed by atoms with Gasteiger partial charge in [0.25, 0.3) is 0 Å². The van der Waals surface area contributed by atoms with Crippen molar-refractivity contribution in [3.8, 4) is 0 Å². The van der Waals surface area contributed by atoms with Gasteiger partial charge in [-0.1, -0.05) is 12.1 Å². The van der Waals surface area contributed by atoms with Crippen LogP contribution in [0.2, 0.25) is 0 Å². The molecule has 0 amide bonds. The maximum Gasteiger partial charge on any atom is 0.551 e. The van der Waals surface area contributed by atoms with Gasteiger partial charge in [-0.25, -0.2) is 4.39 Å². The number of halogens is 1. The highest BCUT2D eigenvalue weighted by molar-refractivity contribution is 6.60. The minimum Gasteiger partial charge on any atom is -0.390 e. The van der Waals surface area contributed by atoms with Crippen LogP contribution >= 0.6 is 0 Å². The maximum atomic E-state index is 13.7. The molecule has 0 spiro atoms. The second-order valence-corrected chi connectivity index (χ2v) is 9.43. The van der Waals surface area contributed by atoms with Crippen molar-refractivity contribution >= 4 is 14.5 Å². The van der Waals surface area contributed by atoms with E-state index in [-0.39, 0.29) is 5.82 Å². The largest absolute Gasteiger partial charge is 0.551 e. The van der Waals surface area contributed by atoms with E-state index in [1.165, 1.54) is 12.1 Å². The molecule has 0 unspecified atom stereocenters. The molecule has 2 heterocycles. The summed E-state index contributed by atoms with van der Waals surface area (Å²) in [5.41, 5.74) is -1.20. The minimum absolute atomic E-state index is 0.282. The predicted molar refractivity (Wildman–Crippen MR) is 104 cm³/mol. The topological polar surface area (TPSA) is 40.2 Å². The quantitative estimate of drug-likeness (QED) is 0.747. The van der Waals surface area contributed by atoms with E-state index in [0.717, 1.165) is 5.56 Å². The molecule has 8 heteroatoms. The zero-order valence-electron chi connectivity index (χ0n) is 17.6. The van der Waals surface area contributed by atoms with Gasteiger partial charge in [-0.2, -0.15) is 0 Å². The third-order valence-electron chi connectivity index (χ3n) is 6.28. The summed E-state index contributed by atoms with van der Waals surface area (Å²) in [4.78, 5) is 0. The molecule has 2 aliphatic rings. The van der Waals surface area contributed by atoms with Crippen LogP contribution in [0, 0.1) is 5.82 Å². The average molecular weight is 377 g/mol. The van der Waals surface area contributed by atoms with Gasteiger partial charge in [0.1, 0.15) is 5.82 Å². The second kappa shape index (κ2) is 6.56. The van der Waals surface area contributed by atoms with Crippen LogP contribution in [0.5, 0.6) is 0 Å². The molecule has 0 radical (unpaired) electrons. The van der Waals surface area contributed by atoms with Gasteiger partial charge in [0, 0.05) is 6.54 Å². The van der Waals surface area contributed by atoms with Crippen LogP contribution < -0.4 is 0 Å². The van der Waals surface area contributed by atoms with Crippen molar-refractivity contribution in [2.75, 3.05) is 0 Å². The first-order chi connectivity index (χ1) is 12.2. The monoisotopic (exact) mass is 377 g/mol. The summed E-state index contributed by atoms with van der Waals surface area (Å²) < 4.78 is 40.5. The average Bonchev–Trinajstić information content (AvgIpc) is 2.84. The predicted octanol–water partition coefficient (Wildman–Crippen LogP) is 3.81. The number of rotatable bonds is 4. The Kier molecular flexibility index (Phi) is 5.06. The molecule has 5 nitrogen and oxygen atoms in total. The van der Waals surface area contributed by atoms with E-state index < -0.39 is 36.9 Å². The van der Waals surface area contributed by atoms with Crippen molar-refractivity contribution in [3.63, 3.8) is 0 Å². The van der Waals surface area contributed by atoms with Crippen LogP contribution in [0.4, 0.5) is 4.39 Å². The van der Waals surface area contributed by atoms with Crippen molar-refractivity contribution in [3.05, 3.63) is 35.6 Å². The summed E-state index contributed by atoms with van der Waals surface area (Å²) in [6, 6.07) is 6.49. The number of hydrogen-bond donors (Lipinski definition) is 0. The Labute approximate surface area is 162 Å². The number of benzene rings is 1. The van der Waals surface area contributed by atoms with Gasteiger partial charge in [-0.05, 0) is 73.1 Å². The van der Waals surface area contributed by atoms with Crippen molar-refractivity contribution in [2.45, 2.75) is 84.3 Å². The van der Waals surface area contributed by atoms with Gasteiger partial charge in [-0.15, -0.1) is 0 Å². The lowest BCUT2D eigenvalue weighted by Crippen LogP contribution is -2.52. The smallest absolute Gasteiger partial charge is 0.390 e. The zero-order valence-corrected chi connectivity index (χ0v) is 17.6. The van der Waals surface area contributed by atoms with Crippen molar-refractivity contribution in [1.29, 1.82) is 0 Å². The lowest BCUT2D eigenvalue weighted by atomic mass is 9.87. The highest BCUT2D eigenvalue weighted by Crippen LogP contribution is 2.42. The first-order valence-electron chi connectivity index (χ1n) is 9.46. The van der Waals surface area contributed by atoms with Crippen LogP contribution in [0.15, 0.2) is 24.3 Å². The van der Waals surface area contributed by atoms with Crippen molar-refractivity contribution < 1.29 is 23.0 Å². The molecule has 0 N–H and O–H groups in total. The lowest BCUT2D eigenvalue weighted by Gasteiger charge is -2.32. The third-order valence-corrected chi connectivity index (χ3v) is 6.28. The van der Waals surface area contributed by atoms with Gasteiger partial charge < -0.3 is 18.6 Å². The maximum absolute atomic E-state index is 13.7. The molecule has 0 aromatic heterocycles. The molecule has 3 rings (SSSR count). The molecular weight excluding hydrogens is 347 g/mol. The van der Waals surface area contributed by atoms with Crippen LogP contribution in [0.1, 0.15) is 61.0 Å². The van der Waals surface area contributed by atoms with Gasteiger partial charge in [-0.3, -0.25) is 4.72 Å². The number of nitrogens with zero attached hydrogens (tertiary/aromatic N) is 1. The molecule has 0 bridgehead atoms. The minimum atomic E-state index is -0.673. The molecule has 0 atom stereocenters. The first kappa shape index (κ1) is 20.8. The van der Waals surface area contributed by atoms with Crippen LogP contribution in [0.25, 0.3) is 0 Å². The van der Waals surface area contributed by atoms with Crippen molar-refractivity contribution in [2.24, 2.45) is 0 Å². The molecule has 0 aliphatic carbocycles. The van der Waals surface area contributed by atoms with E-state index in [4.69, 9.17) is 18.6 Å². The summed E-state index contributed by atoms with van der Waals surface area (Å²) in [5, 5.41) is 0. The first-order valence-corrected chi connectivity index (χ1v) is 9.46. The molecule has 0 saturated carbocycles. The Morgan fingerprint density at radius 3 is 1.56 bits per heavy atom. The Morgan fingerprint density at radius 2 is 1.19 bits per heavy atom. The van der Waals surface area contributed by atoms with Crippen molar-refractivity contribution in [1.82, 2.24) is 4.72 Å². The summed E-state index contributed by atoms with van der Waals surface area (Å²) >= 11 is 0. The second-order valence-electron chi connectivity index (χ2n) is 9.43. The highest BCUT2D eigenvalue weighted by atomic mass is 19.1. The molecule has 2 aliphatic heterocycles. The van der Waals surface area contributed by atoms with E-state index in [0.29, 0.717) is 6.54 Å². The molecule has 1 aromatic carbocycles. The highest BCUT2D eigenvalue weighted by Gasteiger charge is 2.61. The normalized spacial score (nSPS) is 25.4. The Hall–Kier alpha value is -0.920. The molecule has 2 fully saturated rings. The van der Waals surface area contributed by atoms with Crippen LogP contribution in [-0.4, -0.2) is 41.6 Å². The van der Waals surface area contributed by atoms with Gasteiger partial charge in [0.15, 0.2) is 0 Å². The Balaban J connectivity index is 1.91. The number of hydrogen-bond acceptors (Lipinski definition) is 5. The van der Waals surface area contributed by atoms with E-state index in [1.807, 2.05) is 66.2 Å². The molecule has 27 heavy (non-hydrogen) atoms. The van der Waals surface area contributed by atoms with Gasteiger partial charge >= 0.3 is 14.5 Å². The Morgan fingerprint density at radius 1 is 0.778 bits per heavy atom. The molecular formula is C19H30B2FNO4. The summed E-state index contributed by atoms with van der Waals surface area (Å²) in [5.74, 6) is -0.282.